The minimum absolute atomic E-state index is 0.236. The Morgan fingerprint density at radius 3 is 2.82 bits per heavy atom. The van der Waals surface area contributed by atoms with Crippen LogP contribution in [0.15, 0.2) is 12.1 Å². The van der Waals surface area contributed by atoms with Gasteiger partial charge in [-0.15, -0.1) is 0 Å². The number of nitrogen functional groups attached to an aromatic ring is 1. The molecular formula is C11H14FNO4. The molecule has 1 rings (SSSR count). The normalized spacial score (nSPS) is 12.2. The number of hydrogen-bond donors (Lipinski definition) is 3. The van der Waals surface area contributed by atoms with E-state index in [4.69, 9.17) is 15.9 Å². The molecule has 1 aromatic rings. The Balaban J connectivity index is 2.82. The van der Waals surface area contributed by atoms with E-state index in [0.717, 1.165) is 6.07 Å². The third-order valence-corrected chi connectivity index (χ3v) is 2.11. The van der Waals surface area contributed by atoms with Gasteiger partial charge in [-0.3, -0.25) is 0 Å². The quantitative estimate of drug-likeness (QED) is 0.520. The molecule has 0 saturated heterocycles. The minimum Gasteiger partial charge on any atom is -0.459 e. The number of esters is 1. The van der Waals surface area contributed by atoms with Crippen LogP contribution >= 0.6 is 0 Å². The molecule has 1 unspecified atom stereocenters. The smallest absolute Gasteiger partial charge is 0.341 e. The number of carbonyl (C=O) groups excluding carboxylic acids is 1. The van der Waals surface area contributed by atoms with Crippen molar-refractivity contribution in [2.24, 2.45) is 0 Å². The van der Waals surface area contributed by atoms with Gasteiger partial charge >= 0.3 is 5.97 Å². The van der Waals surface area contributed by atoms with Gasteiger partial charge < -0.3 is 20.7 Å². The lowest BCUT2D eigenvalue weighted by Crippen LogP contribution is -2.22. The Labute approximate surface area is 97.6 Å². The van der Waals surface area contributed by atoms with Crippen LogP contribution in [0.5, 0.6) is 0 Å². The van der Waals surface area contributed by atoms with Crippen molar-refractivity contribution in [3.63, 3.8) is 0 Å². The van der Waals surface area contributed by atoms with Gasteiger partial charge in [-0.2, -0.15) is 0 Å². The zero-order valence-electron chi connectivity index (χ0n) is 9.31. The number of ether oxygens (including phenoxy) is 1. The zero-order chi connectivity index (χ0) is 13.0. The monoisotopic (exact) mass is 243 g/mol. The summed E-state index contributed by atoms with van der Waals surface area (Å²) in [4.78, 5) is 11.5. The van der Waals surface area contributed by atoms with E-state index in [9.17, 15) is 9.18 Å². The molecule has 6 heteroatoms. The predicted molar refractivity (Wildman–Crippen MR) is 58.9 cm³/mol. The molecule has 1 aromatic carbocycles. The van der Waals surface area contributed by atoms with Crippen molar-refractivity contribution in [2.45, 2.75) is 13.0 Å². The molecule has 5 nitrogen and oxygen atoms in total. The zero-order valence-corrected chi connectivity index (χ0v) is 9.31. The van der Waals surface area contributed by atoms with E-state index in [1.165, 1.54) is 13.0 Å². The van der Waals surface area contributed by atoms with Gasteiger partial charge in [0.25, 0.3) is 0 Å². The fourth-order valence-corrected chi connectivity index (χ4v) is 1.25. The third-order valence-electron chi connectivity index (χ3n) is 2.11. The summed E-state index contributed by atoms with van der Waals surface area (Å²) in [6, 6.07) is 2.56. The molecular weight excluding hydrogens is 229 g/mol. The van der Waals surface area contributed by atoms with Crippen LogP contribution in [-0.2, 0) is 4.74 Å². The lowest BCUT2D eigenvalue weighted by atomic mass is 10.1. The second-order valence-electron chi connectivity index (χ2n) is 3.63. The van der Waals surface area contributed by atoms with Crippen LogP contribution in [0.4, 0.5) is 10.1 Å². The number of benzene rings is 1. The highest BCUT2D eigenvalue weighted by molar-refractivity contribution is 5.91. The highest BCUT2D eigenvalue weighted by Crippen LogP contribution is 2.17. The first-order chi connectivity index (χ1) is 7.95. The number of aliphatic hydroxyl groups is 2. The van der Waals surface area contributed by atoms with Gasteiger partial charge in [0, 0.05) is 5.69 Å². The Kier molecular flexibility index (Phi) is 4.42. The number of aliphatic hydroxyl groups excluding tert-OH is 2. The maximum atomic E-state index is 13.6. The van der Waals surface area contributed by atoms with Gasteiger partial charge in [0.05, 0.1) is 12.2 Å². The van der Waals surface area contributed by atoms with Crippen molar-refractivity contribution < 1.29 is 24.1 Å². The molecule has 0 amide bonds. The van der Waals surface area contributed by atoms with Crippen LogP contribution < -0.4 is 5.73 Å². The second-order valence-corrected chi connectivity index (χ2v) is 3.63. The van der Waals surface area contributed by atoms with E-state index in [-0.39, 0.29) is 16.8 Å². The largest absolute Gasteiger partial charge is 0.459 e. The molecule has 1 atom stereocenters. The molecule has 0 spiro atoms. The van der Waals surface area contributed by atoms with E-state index >= 15 is 0 Å². The van der Waals surface area contributed by atoms with E-state index in [0.29, 0.717) is 0 Å². The highest BCUT2D eigenvalue weighted by atomic mass is 19.1. The maximum Gasteiger partial charge on any atom is 0.341 e. The van der Waals surface area contributed by atoms with Crippen LogP contribution in [0.1, 0.15) is 15.9 Å². The van der Waals surface area contributed by atoms with Crippen molar-refractivity contribution in [1.82, 2.24) is 0 Å². The van der Waals surface area contributed by atoms with E-state index < -0.39 is 31.1 Å². The lowest BCUT2D eigenvalue weighted by molar-refractivity contribution is 0.00899. The van der Waals surface area contributed by atoms with Crippen LogP contribution in [-0.4, -0.2) is 35.5 Å². The summed E-state index contributed by atoms with van der Waals surface area (Å²) >= 11 is 0. The fraction of sp³-hybridized carbons (Fsp3) is 0.364. The van der Waals surface area contributed by atoms with Crippen LogP contribution in [0.3, 0.4) is 0 Å². The third kappa shape index (κ3) is 3.40. The number of halogens is 1. The van der Waals surface area contributed by atoms with Crippen molar-refractivity contribution in [1.29, 1.82) is 0 Å². The Morgan fingerprint density at radius 1 is 1.59 bits per heavy atom. The molecule has 17 heavy (non-hydrogen) atoms. The first-order valence-electron chi connectivity index (χ1n) is 4.97. The minimum atomic E-state index is -1.18. The summed E-state index contributed by atoms with van der Waals surface area (Å²) in [6.07, 6.45) is -1.18. The van der Waals surface area contributed by atoms with Gasteiger partial charge in [-0.05, 0) is 24.6 Å². The summed E-state index contributed by atoms with van der Waals surface area (Å²) in [6.45, 7) is 0.541. The van der Waals surface area contributed by atoms with Gasteiger partial charge in [-0.25, -0.2) is 9.18 Å². The second kappa shape index (κ2) is 5.60. The Morgan fingerprint density at radius 2 is 2.24 bits per heavy atom. The molecule has 94 valence electrons. The van der Waals surface area contributed by atoms with Gasteiger partial charge in [-0.1, -0.05) is 0 Å². The van der Waals surface area contributed by atoms with Crippen molar-refractivity contribution >= 4 is 11.7 Å². The SMILES string of the molecule is Cc1cc(N)cc(C(=O)OCC(O)CO)c1F. The number of carbonyl (C=O) groups is 1. The van der Waals surface area contributed by atoms with E-state index in [1.807, 2.05) is 0 Å². The standard InChI is InChI=1S/C11H14FNO4/c1-6-2-7(13)3-9(10(6)12)11(16)17-5-8(15)4-14/h2-3,8,14-15H,4-5,13H2,1H3. The first kappa shape index (κ1) is 13.4. The van der Waals surface area contributed by atoms with Crippen molar-refractivity contribution in [3.8, 4) is 0 Å². The number of rotatable bonds is 4. The van der Waals surface area contributed by atoms with Crippen molar-refractivity contribution in [2.75, 3.05) is 18.9 Å². The van der Waals surface area contributed by atoms with E-state index in [1.54, 1.807) is 0 Å². The van der Waals surface area contributed by atoms with Crippen LogP contribution in [0.2, 0.25) is 0 Å². The molecule has 0 saturated carbocycles. The molecule has 4 N–H and O–H groups in total. The lowest BCUT2D eigenvalue weighted by Gasteiger charge is -2.10. The average molecular weight is 243 g/mol. The molecule has 0 aliphatic rings. The van der Waals surface area contributed by atoms with Crippen LogP contribution in [0.25, 0.3) is 0 Å². The molecule has 0 aliphatic heterocycles. The first-order valence-corrected chi connectivity index (χ1v) is 4.97. The molecule has 0 bridgehead atoms. The number of aryl methyl sites for hydroxylation is 1. The highest BCUT2D eigenvalue weighted by Gasteiger charge is 2.17. The summed E-state index contributed by atoms with van der Waals surface area (Å²) in [5, 5.41) is 17.5. The van der Waals surface area contributed by atoms with E-state index in [2.05, 4.69) is 4.74 Å². The van der Waals surface area contributed by atoms with Gasteiger partial charge in [0.1, 0.15) is 18.5 Å². The topological polar surface area (TPSA) is 92.8 Å². The van der Waals surface area contributed by atoms with Gasteiger partial charge in [0.2, 0.25) is 0 Å². The molecule has 0 radical (unpaired) electrons. The summed E-state index contributed by atoms with van der Waals surface area (Å²) in [5.41, 5.74) is 5.68. The van der Waals surface area contributed by atoms with Crippen molar-refractivity contribution in [3.05, 3.63) is 29.1 Å². The summed E-state index contributed by atoms with van der Waals surface area (Å²) in [7, 11) is 0. The maximum absolute atomic E-state index is 13.6. The Hall–Kier alpha value is -1.66. The number of nitrogens with two attached hydrogens (primary N) is 1. The summed E-state index contributed by atoms with van der Waals surface area (Å²) < 4.78 is 18.2. The van der Waals surface area contributed by atoms with Gasteiger partial charge in [0.15, 0.2) is 0 Å². The molecule has 0 fully saturated rings. The number of hydrogen-bond acceptors (Lipinski definition) is 5. The summed E-state index contributed by atoms with van der Waals surface area (Å²) in [5.74, 6) is -1.63. The fourth-order valence-electron chi connectivity index (χ4n) is 1.25. The Bertz CT molecular complexity index is 422. The van der Waals surface area contributed by atoms with Crippen LogP contribution in [0, 0.1) is 12.7 Å². The predicted octanol–water partition coefficient (Wildman–Crippen LogP) is 0.226. The molecule has 0 aliphatic carbocycles. The average Bonchev–Trinajstić information content (AvgIpc) is 2.30. The molecule has 0 heterocycles. The molecule has 0 aromatic heterocycles. The number of anilines is 1.